The maximum atomic E-state index is 13.0. The lowest BCUT2D eigenvalue weighted by molar-refractivity contribution is -0.118. The number of amides is 1. The minimum atomic E-state index is -0.614. The molecular weight excluding hydrogens is 376 g/mol. The van der Waals surface area contributed by atoms with E-state index in [4.69, 9.17) is 16.3 Å². The molecule has 3 rings (SSSR count). The fourth-order valence-corrected chi connectivity index (χ4v) is 3.10. The number of nitrogens with zero attached hydrogens (tertiary/aromatic N) is 4. The number of ether oxygens (including phenoxy) is 1. The van der Waals surface area contributed by atoms with Crippen LogP contribution in [0, 0.1) is 6.92 Å². The van der Waals surface area contributed by atoms with E-state index in [1.165, 1.54) is 0 Å². The number of aryl methyl sites for hydroxylation is 1. The zero-order valence-electron chi connectivity index (χ0n) is 16.2. The predicted molar refractivity (Wildman–Crippen MR) is 110 cm³/mol. The van der Waals surface area contributed by atoms with E-state index >= 15 is 0 Å². The Labute approximate surface area is 169 Å². The summed E-state index contributed by atoms with van der Waals surface area (Å²) in [5.41, 5.74) is 2.70. The van der Waals surface area contributed by atoms with Gasteiger partial charge in [-0.05, 0) is 37.1 Å². The van der Waals surface area contributed by atoms with Crippen molar-refractivity contribution in [2.24, 2.45) is 0 Å². The van der Waals surface area contributed by atoms with Crippen LogP contribution in [0.5, 0.6) is 6.01 Å². The first-order chi connectivity index (χ1) is 13.6. The van der Waals surface area contributed by atoms with E-state index in [1.54, 1.807) is 12.0 Å². The third-order valence-corrected chi connectivity index (χ3v) is 4.99. The molecule has 0 aliphatic carbocycles. The van der Waals surface area contributed by atoms with E-state index in [0.717, 1.165) is 16.9 Å². The van der Waals surface area contributed by atoms with Crippen molar-refractivity contribution in [2.75, 3.05) is 12.0 Å². The Kier molecular flexibility index (Phi) is 6.31. The molecule has 0 spiro atoms. The van der Waals surface area contributed by atoms with Gasteiger partial charge in [0, 0.05) is 5.69 Å². The van der Waals surface area contributed by atoms with Crippen LogP contribution in [0.1, 0.15) is 24.7 Å². The number of carbonyl (C=O) groups excluding carboxylic acids is 1. The molecule has 0 aliphatic heterocycles. The second-order valence-electron chi connectivity index (χ2n) is 6.36. The predicted octanol–water partition coefficient (Wildman–Crippen LogP) is 4.13. The summed E-state index contributed by atoms with van der Waals surface area (Å²) in [6.07, 6.45) is 0.539. The van der Waals surface area contributed by atoms with Crippen LogP contribution in [-0.2, 0) is 11.3 Å². The number of alkyl halides is 1. The molecule has 0 radical (unpaired) electrons. The highest BCUT2D eigenvalue weighted by Crippen LogP contribution is 2.25. The van der Waals surface area contributed by atoms with Gasteiger partial charge in [0.15, 0.2) is 5.82 Å². The number of benzene rings is 2. The first-order valence-electron chi connectivity index (χ1n) is 9.11. The van der Waals surface area contributed by atoms with Gasteiger partial charge in [0.1, 0.15) is 5.38 Å². The van der Waals surface area contributed by atoms with Crippen molar-refractivity contribution >= 4 is 23.2 Å². The van der Waals surface area contributed by atoms with Crippen LogP contribution < -0.4 is 9.64 Å². The molecule has 3 aromatic rings. The first kappa shape index (κ1) is 19.9. The van der Waals surface area contributed by atoms with Gasteiger partial charge in [-0.15, -0.1) is 16.7 Å². The Morgan fingerprint density at radius 2 is 1.82 bits per heavy atom. The highest BCUT2D eigenvalue weighted by Gasteiger charge is 2.26. The van der Waals surface area contributed by atoms with Crippen molar-refractivity contribution in [3.8, 4) is 11.7 Å². The van der Waals surface area contributed by atoms with Crippen LogP contribution in [0.3, 0.4) is 0 Å². The van der Waals surface area contributed by atoms with Crippen LogP contribution in [-0.4, -0.2) is 33.2 Å². The smallest absolute Gasteiger partial charge is 0.321 e. The second-order valence-corrected chi connectivity index (χ2v) is 6.89. The summed E-state index contributed by atoms with van der Waals surface area (Å²) in [5.74, 6) is 0.414. The Balaban J connectivity index is 2.06. The zero-order valence-corrected chi connectivity index (χ0v) is 16.9. The summed E-state index contributed by atoms with van der Waals surface area (Å²) in [5, 5.41) is 7.82. The Bertz CT molecular complexity index is 943. The number of methoxy groups -OCH3 is 1. The average Bonchev–Trinajstić information content (AvgIpc) is 3.14. The van der Waals surface area contributed by atoms with E-state index in [0.29, 0.717) is 18.3 Å². The van der Waals surface area contributed by atoms with Gasteiger partial charge < -0.3 is 9.64 Å². The quantitative estimate of drug-likeness (QED) is 0.561. The molecule has 1 aromatic heterocycles. The van der Waals surface area contributed by atoms with Crippen molar-refractivity contribution in [3.05, 3.63) is 66.0 Å². The maximum Gasteiger partial charge on any atom is 0.321 e. The second kappa shape index (κ2) is 8.89. The molecule has 0 fully saturated rings. The van der Waals surface area contributed by atoms with Crippen LogP contribution >= 0.6 is 11.6 Å². The van der Waals surface area contributed by atoms with Crippen LogP contribution in [0.2, 0.25) is 0 Å². The summed E-state index contributed by atoms with van der Waals surface area (Å²) >= 11 is 6.28. The molecule has 0 saturated heterocycles. The lowest BCUT2D eigenvalue weighted by Crippen LogP contribution is -2.37. The minimum Gasteiger partial charge on any atom is -0.467 e. The van der Waals surface area contributed by atoms with Crippen molar-refractivity contribution in [3.63, 3.8) is 0 Å². The molecule has 28 heavy (non-hydrogen) atoms. The SMILES string of the molecule is CCC(Cl)C(=O)N(Cc1nnc(OC)n1-c1ccccc1C)c1ccccc1. The average molecular weight is 399 g/mol. The molecular formula is C21H23ClN4O2. The van der Waals surface area contributed by atoms with E-state index < -0.39 is 5.38 Å². The van der Waals surface area contributed by atoms with E-state index in [1.807, 2.05) is 73.0 Å². The Morgan fingerprint density at radius 3 is 2.46 bits per heavy atom. The highest BCUT2D eigenvalue weighted by molar-refractivity contribution is 6.32. The molecule has 6 nitrogen and oxygen atoms in total. The lowest BCUT2D eigenvalue weighted by Gasteiger charge is -2.25. The molecule has 1 unspecified atom stereocenters. The Morgan fingerprint density at radius 1 is 1.14 bits per heavy atom. The molecule has 1 heterocycles. The van der Waals surface area contributed by atoms with Gasteiger partial charge in [-0.1, -0.05) is 48.4 Å². The number of hydrogen-bond donors (Lipinski definition) is 0. The molecule has 146 valence electrons. The largest absolute Gasteiger partial charge is 0.467 e. The van der Waals surface area contributed by atoms with Gasteiger partial charge >= 0.3 is 6.01 Å². The van der Waals surface area contributed by atoms with Crippen molar-refractivity contribution in [1.29, 1.82) is 0 Å². The number of halogens is 1. The number of rotatable bonds is 7. The fourth-order valence-electron chi connectivity index (χ4n) is 2.98. The molecule has 7 heteroatoms. The number of anilines is 1. The van der Waals surface area contributed by atoms with Gasteiger partial charge in [0.25, 0.3) is 0 Å². The Hall–Kier alpha value is -2.86. The molecule has 0 aliphatic rings. The number of carbonyl (C=O) groups is 1. The van der Waals surface area contributed by atoms with Gasteiger partial charge in [-0.3, -0.25) is 4.79 Å². The number of hydrogen-bond acceptors (Lipinski definition) is 4. The third kappa shape index (κ3) is 4.02. The summed E-state index contributed by atoms with van der Waals surface area (Å²) < 4.78 is 7.24. The highest BCUT2D eigenvalue weighted by atomic mass is 35.5. The maximum absolute atomic E-state index is 13.0. The van der Waals surface area contributed by atoms with E-state index in [9.17, 15) is 4.79 Å². The van der Waals surface area contributed by atoms with Crippen molar-refractivity contribution in [2.45, 2.75) is 32.2 Å². The molecule has 1 amide bonds. The summed E-state index contributed by atoms with van der Waals surface area (Å²) in [4.78, 5) is 14.6. The van der Waals surface area contributed by atoms with Crippen LogP contribution in [0.4, 0.5) is 5.69 Å². The fraction of sp³-hybridized carbons (Fsp3) is 0.286. The molecule has 1 atom stereocenters. The zero-order chi connectivity index (χ0) is 20.1. The minimum absolute atomic E-state index is 0.173. The van der Waals surface area contributed by atoms with Crippen molar-refractivity contribution < 1.29 is 9.53 Å². The summed E-state index contributed by atoms with van der Waals surface area (Å²) in [6.45, 7) is 4.11. The van der Waals surface area contributed by atoms with Gasteiger partial charge in [0.05, 0.1) is 19.3 Å². The molecule has 0 bridgehead atoms. The monoisotopic (exact) mass is 398 g/mol. The van der Waals surface area contributed by atoms with Gasteiger partial charge in [0.2, 0.25) is 5.91 Å². The first-order valence-corrected chi connectivity index (χ1v) is 9.55. The van der Waals surface area contributed by atoms with Crippen molar-refractivity contribution in [1.82, 2.24) is 14.8 Å². The molecule has 0 N–H and O–H groups in total. The summed E-state index contributed by atoms with van der Waals surface area (Å²) in [6, 6.07) is 17.7. The standard InChI is InChI=1S/C21H23ClN4O2/c1-4-17(22)20(27)25(16-11-6-5-7-12-16)14-19-23-24-21(28-3)26(19)18-13-9-8-10-15(18)2/h5-13,17H,4,14H2,1-3H3. The number of para-hydroxylation sites is 2. The van der Waals surface area contributed by atoms with E-state index in [-0.39, 0.29) is 12.5 Å². The normalized spacial score (nSPS) is 11.9. The lowest BCUT2D eigenvalue weighted by atomic mass is 10.2. The summed E-state index contributed by atoms with van der Waals surface area (Å²) in [7, 11) is 1.55. The van der Waals surface area contributed by atoms with E-state index in [2.05, 4.69) is 10.2 Å². The van der Waals surface area contributed by atoms with Gasteiger partial charge in [-0.25, -0.2) is 4.57 Å². The topological polar surface area (TPSA) is 60.3 Å². The third-order valence-electron chi connectivity index (χ3n) is 4.50. The number of aromatic nitrogens is 3. The van der Waals surface area contributed by atoms with Crippen LogP contribution in [0.15, 0.2) is 54.6 Å². The van der Waals surface area contributed by atoms with Gasteiger partial charge in [-0.2, -0.15) is 0 Å². The molecule has 0 saturated carbocycles. The van der Waals surface area contributed by atoms with Crippen LogP contribution in [0.25, 0.3) is 5.69 Å². The molecule has 2 aromatic carbocycles.